The number of hydrogen-bond donors (Lipinski definition) is 2. The Hall–Kier alpha value is -0.570. The average molecular weight is 174 g/mol. The summed E-state index contributed by atoms with van der Waals surface area (Å²) < 4.78 is 0. The van der Waals surface area contributed by atoms with Gasteiger partial charge in [-0.15, -0.1) is 0 Å². The topological polar surface area (TPSA) is 57.5 Å². The van der Waals surface area contributed by atoms with Crippen molar-refractivity contribution in [2.75, 3.05) is 0 Å². The van der Waals surface area contributed by atoms with Crippen LogP contribution in [0.5, 0.6) is 0 Å². The summed E-state index contributed by atoms with van der Waals surface area (Å²) in [5.74, 6) is -0.452. The van der Waals surface area contributed by atoms with Gasteiger partial charge < -0.3 is 10.2 Å². The monoisotopic (exact) mass is 174 g/mol. The van der Waals surface area contributed by atoms with Crippen LogP contribution >= 0.6 is 0 Å². The van der Waals surface area contributed by atoms with Crippen molar-refractivity contribution >= 4 is 5.97 Å². The molecule has 1 atom stereocenters. The van der Waals surface area contributed by atoms with Crippen LogP contribution in [0.2, 0.25) is 0 Å². The molecule has 3 nitrogen and oxygen atoms in total. The van der Waals surface area contributed by atoms with Gasteiger partial charge in [0.15, 0.2) is 6.10 Å². The second-order valence-electron chi connectivity index (χ2n) is 3.53. The smallest absolute Gasteiger partial charge is 0.332 e. The third-order valence-electron chi connectivity index (χ3n) is 1.79. The van der Waals surface area contributed by atoms with Crippen LogP contribution < -0.4 is 0 Å². The first kappa shape index (κ1) is 11.4. The van der Waals surface area contributed by atoms with Gasteiger partial charge in [0.05, 0.1) is 0 Å². The normalized spacial score (nSPS) is 13.3. The second kappa shape index (κ2) is 6.00. The van der Waals surface area contributed by atoms with Gasteiger partial charge in [0.2, 0.25) is 0 Å². The van der Waals surface area contributed by atoms with E-state index in [1.165, 1.54) is 0 Å². The maximum absolute atomic E-state index is 10.2. The summed E-state index contributed by atoms with van der Waals surface area (Å²) in [6, 6.07) is 0. The molecule has 12 heavy (non-hydrogen) atoms. The van der Waals surface area contributed by atoms with Crippen molar-refractivity contribution in [2.45, 2.75) is 45.6 Å². The molecular formula is C9H18O3. The molecule has 0 spiro atoms. The van der Waals surface area contributed by atoms with Gasteiger partial charge in [0, 0.05) is 0 Å². The molecule has 0 saturated heterocycles. The lowest BCUT2D eigenvalue weighted by Crippen LogP contribution is -2.18. The van der Waals surface area contributed by atoms with Crippen molar-refractivity contribution in [1.82, 2.24) is 0 Å². The SMILES string of the molecule is CC(C)CCCCC(O)C(=O)O. The fraction of sp³-hybridized carbons (Fsp3) is 0.889. The molecule has 0 amide bonds. The Morgan fingerprint density at radius 2 is 1.75 bits per heavy atom. The number of aliphatic carboxylic acids is 1. The Bertz CT molecular complexity index is 132. The van der Waals surface area contributed by atoms with Gasteiger partial charge >= 0.3 is 5.97 Å². The zero-order valence-corrected chi connectivity index (χ0v) is 7.79. The van der Waals surface area contributed by atoms with Crippen molar-refractivity contribution in [3.05, 3.63) is 0 Å². The van der Waals surface area contributed by atoms with Crippen LogP contribution in [0.3, 0.4) is 0 Å². The van der Waals surface area contributed by atoms with E-state index < -0.39 is 12.1 Å². The summed E-state index contributed by atoms with van der Waals surface area (Å²) in [6.45, 7) is 4.27. The predicted molar refractivity (Wildman–Crippen MR) is 46.9 cm³/mol. The van der Waals surface area contributed by atoms with Gasteiger partial charge in [0.25, 0.3) is 0 Å². The van der Waals surface area contributed by atoms with Crippen molar-refractivity contribution < 1.29 is 15.0 Å². The fourth-order valence-electron chi connectivity index (χ4n) is 1.01. The number of rotatable bonds is 6. The minimum Gasteiger partial charge on any atom is -0.479 e. The molecule has 0 fully saturated rings. The Balaban J connectivity index is 3.25. The molecule has 1 unspecified atom stereocenters. The molecule has 0 aliphatic rings. The molecule has 0 aromatic heterocycles. The molecular weight excluding hydrogens is 156 g/mol. The van der Waals surface area contributed by atoms with Crippen LogP contribution in [0.15, 0.2) is 0 Å². The zero-order chi connectivity index (χ0) is 9.56. The first-order valence-corrected chi connectivity index (χ1v) is 4.45. The largest absolute Gasteiger partial charge is 0.479 e. The highest BCUT2D eigenvalue weighted by Crippen LogP contribution is 2.09. The standard InChI is InChI=1S/C9H18O3/c1-7(2)5-3-4-6-8(10)9(11)12/h7-8,10H,3-6H2,1-2H3,(H,11,12). The van der Waals surface area contributed by atoms with Crippen LogP contribution in [0.1, 0.15) is 39.5 Å². The van der Waals surface area contributed by atoms with Crippen LogP contribution in [0.4, 0.5) is 0 Å². The maximum atomic E-state index is 10.2. The van der Waals surface area contributed by atoms with Crippen LogP contribution in [0.25, 0.3) is 0 Å². The van der Waals surface area contributed by atoms with Gasteiger partial charge in [-0.2, -0.15) is 0 Å². The molecule has 0 heterocycles. The van der Waals surface area contributed by atoms with E-state index in [9.17, 15) is 4.79 Å². The van der Waals surface area contributed by atoms with Gasteiger partial charge in [-0.05, 0) is 12.3 Å². The first-order chi connectivity index (χ1) is 5.54. The van der Waals surface area contributed by atoms with E-state index in [0.717, 1.165) is 19.3 Å². The van der Waals surface area contributed by atoms with E-state index >= 15 is 0 Å². The maximum Gasteiger partial charge on any atom is 0.332 e. The molecule has 0 aromatic carbocycles. The van der Waals surface area contributed by atoms with Gasteiger partial charge in [0.1, 0.15) is 0 Å². The van der Waals surface area contributed by atoms with Crippen molar-refractivity contribution in [2.24, 2.45) is 5.92 Å². The van der Waals surface area contributed by atoms with E-state index in [2.05, 4.69) is 13.8 Å². The lowest BCUT2D eigenvalue weighted by Gasteiger charge is -2.06. The summed E-state index contributed by atoms with van der Waals surface area (Å²) in [5.41, 5.74) is 0. The molecule has 0 aromatic rings. The lowest BCUT2D eigenvalue weighted by molar-refractivity contribution is -0.146. The summed E-state index contributed by atoms with van der Waals surface area (Å²) in [7, 11) is 0. The summed E-state index contributed by atoms with van der Waals surface area (Å²) in [4.78, 5) is 10.2. The highest BCUT2D eigenvalue weighted by Gasteiger charge is 2.11. The van der Waals surface area contributed by atoms with E-state index in [0.29, 0.717) is 12.3 Å². The molecule has 0 aliphatic carbocycles. The number of carboxylic acids is 1. The average Bonchev–Trinajstić information content (AvgIpc) is 1.97. The second-order valence-corrected chi connectivity index (χ2v) is 3.53. The third-order valence-corrected chi connectivity index (χ3v) is 1.79. The molecule has 2 N–H and O–H groups in total. The highest BCUT2D eigenvalue weighted by molar-refractivity contribution is 5.71. The third kappa shape index (κ3) is 6.16. The van der Waals surface area contributed by atoms with E-state index in [-0.39, 0.29) is 0 Å². The molecule has 0 bridgehead atoms. The number of unbranched alkanes of at least 4 members (excludes halogenated alkanes) is 1. The summed E-state index contributed by atoms with van der Waals surface area (Å²) in [5, 5.41) is 17.2. The van der Waals surface area contributed by atoms with E-state index in [4.69, 9.17) is 10.2 Å². The number of hydrogen-bond acceptors (Lipinski definition) is 2. The molecule has 0 aliphatic heterocycles. The van der Waals surface area contributed by atoms with Crippen LogP contribution in [-0.4, -0.2) is 22.3 Å². The summed E-state index contributed by atoms with van der Waals surface area (Å²) >= 11 is 0. The fourth-order valence-corrected chi connectivity index (χ4v) is 1.01. The van der Waals surface area contributed by atoms with Crippen molar-refractivity contribution in [3.8, 4) is 0 Å². The Morgan fingerprint density at radius 1 is 1.25 bits per heavy atom. The Kier molecular flexibility index (Phi) is 5.72. The quantitative estimate of drug-likeness (QED) is 0.602. The highest BCUT2D eigenvalue weighted by atomic mass is 16.4. The number of carbonyl (C=O) groups is 1. The van der Waals surface area contributed by atoms with E-state index in [1.54, 1.807) is 0 Å². The molecule has 0 radical (unpaired) electrons. The molecule has 0 saturated carbocycles. The van der Waals surface area contributed by atoms with E-state index in [1.807, 2.05) is 0 Å². The molecule has 72 valence electrons. The van der Waals surface area contributed by atoms with Crippen molar-refractivity contribution in [3.63, 3.8) is 0 Å². The minimum absolute atomic E-state index is 0.377. The van der Waals surface area contributed by atoms with Crippen LogP contribution in [-0.2, 0) is 4.79 Å². The van der Waals surface area contributed by atoms with Crippen molar-refractivity contribution in [1.29, 1.82) is 0 Å². The predicted octanol–water partition coefficient (Wildman–Crippen LogP) is 1.65. The van der Waals surface area contributed by atoms with Gasteiger partial charge in [-0.3, -0.25) is 0 Å². The number of carboxylic acid groups (broad SMARTS) is 1. The molecule has 3 heteroatoms. The zero-order valence-electron chi connectivity index (χ0n) is 7.79. The van der Waals surface area contributed by atoms with Crippen LogP contribution in [0, 0.1) is 5.92 Å². The summed E-state index contributed by atoms with van der Waals surface area (Å²) in [6.07, 6.45) is 2.11. The Morgan fingerprint density at radius 3 is 2.17 bits per heavy atom. The number of aliphatic hydroxyl groups excluding tert-OH is 1. The minimum atomic E-state index is -1.17. The first-order valence-electron chi connectivity index (χ1n) is 4.45. The Labute approximate surface area is 73.4 Å². The lowest BCUT2D eigenvalue weighted by atomic mass is 10.0. The van der Waals surface area contributed by atoms with Gasteiger partial charge in [-0.1, -0.05) is 33.1 Å². The van der Waals surface area contributed by atoms with Gasteiger partial charge in [-0.25, -0.2) is 4.79 Å². The molecule has 0 rings (SSSR count). The number of aliphatic hydroxyl groups is 1.